The highest BCUT2D eigenvalue weighted by Crippen LogP contribution is 2.32. The highest BCUT2D eigenvalue weighted by atomic mass is 35.5. The number of aldehydes is 1. The summed E-state index contributed by atoms with van der Waals surface area (Å²) in [5.74, 6) is 1.02. The lowest BCUT2D eigenvalue weighted by molar-refractivity contribution is 0.112. The fourth-order valence-electron chi connectivity index (χ4n) is 2.14. The van der Waals surface area contributed by atoms with Gasteiger partial charge in [0.25, 0.3) is 0 Å². The van der Waals surface area contributed by atoms with E-state index in [-0.39, 0.29) is 0 Å². The maximum absolute atomic E-state index is 11.2. The van der Waals surface area contributed by atoms with Crippen LogP contribution in [0.4, 0.5) is 0 Å². The molecule has 1 aromatic heterocycles. The second-order valence-corrected chi connectivity index (χ2v) is 5.06. The molecule has 4 heteroatoms. The van der Waals surface area contributed by atoms with Gasteiger partial charge in [-0.1, -0.05) is 35.9 Å². The molecule has 0 radical (unpaired) electrons. The molecular weight excluding hydrogens is 286 g/mol. The van der Waals surface area contributed by atoms with Gasteiger partial charge in [0.2, 0.25) is 0 Å². The molecule has 0 atom stereocenters. The Kier molecular flexibility index (Phi) is 3.59. The van der Waals surface area contributed by atoms with E-state index in [1.807, 2.05) is 37.3 Å². The van der Waals surface area contributed by atoms with Crippen molar-refractivity contribution < 1.29 is 9.53 Å². The van der Waals surface area contributed by atoms with Crippen molar-refractivity contribution in [3.8, 4) is 11.5 Å². The predicted molar refractivity (Wildman–Crippen MR) is 83.4 cm³/mol. The summed E-state index contributed by atoms with van der Waals surface area (Å²) in [5, 5.41) is 1.35. The number of halogens is 1. The average Bonchev–Trinajstić information content (AvgIpc) is 2.48. The van der Waals surface area contributed by atoms with Gasteiger partial charge in [0, 0.05) is 11.1 Å². The highest BCUT2D eigenvalue weighted by Gasteiger charge is 2.11. The largest absolute Gasteiger partial charge is 0.454 e. The number of pyridine rings is 1. The van der Waals surface area contributed by atoms with Gasteiger partial charge in [0.15, 0.2) is 12.0 Å². The van der Waals surface area contributed by atoms with Gasteiger partial charge < -0.3 is 4.74 Å². The molecule has 1 heterocycles. The number of hydrogen-bond acceptors (Lipinski definition) is 3. The minimum atomic E-state index is 0.337. The molecule has 0 amide bonds. The minimum absolute atomic E-state index is 0.337. The van der Waals surface area contributed by atoms with E-state index >= 15 is 0 Å². The van der Waals surface area contributed by atoms with Crippen molar-refractivity contribution in [2.75, 3.05) is 0 Å². The van der Waals surface area contributed by atoms with Crippen molar-refractivity contribution >= 4 is 28.8 Å². The topological polar surface area (TPSA) is 39.2 Å². The Labute approximate surface area is 127 Å². The van der Waals surface area contributed by atoms with Crippen LogP contribution in [-0.4, -0.2) is 11.3 Å². The molecule has 104 valence electrons. The van der Waals surface area contributed by atoms with Crippen LogP contribution in [-0.2, 0) is 0 Å². The van der Waals surface area contributed by atoms with Gasteiger partial charge in [0.05, 0.1) is 10.6 Å². The van der Waals surface area contributed by atoms with Gasteiger partial charge in [-0.2, -0.15) is 0 Å². The van der Waals surface area contributed by atoms with E-state index in [4.69, 9.17) is 16.3 Å². The van der Waals surface area contributed by atoms with Gasteiger partial charge in [-0.15, -0.1) is 0 Å². The van der Waals surface area contributed by atoms with E-state index in [1.54, 1.807) is 18.2 Å². The number of hydrogen-bond donors (Lipinski definition) is 0. The van der Waals surface area contributed by atoms with Crippen molar-refractivity contribution in [1.29, 1.82) is 0 Å². The Morgan fingerprint density at radius 1 is 1.05 bits per heavy atom. The summed E-state index contributed by atoms with van der Waals surface area (Å²) in [5.41, 5.74) is 2.00. The molecule has 0 spiro atoms. The standard InChI is InChI=1S/C17H12ClNO2/c1-11-8-9-12-4-2-7-16(17(12)19-11)21-15-6-3-5-14(18)13(15)10-20/h2-10H,1H3. The molecule has 0 aliphatic rings. The predicted octanol–water partition coefficient (Wildman–Crippen LogP) is 4.80. The summed E-state index contributed by atoms with van der Waals surface area (Å²) in [6.07, 6.45) is 0.696. The second kappa shape index (κ2) is 5.54. The van der Waals surface area contributed by atoms with Crippen LogP contribution in [0.5, 0.6) is 11.5 Å². The van der Waals surface area contributed by atoms with E-state index in [0.29, 0.717) is 28.4 Å². The SMILES string of the molecule is Cc1ccc2cccc(Oc3cccc(Cl)c3C=O)c2n1. The maximum atomic E-state index is 11.2. The number of para-hydroxylation sites is 1. The third kappa shape index (κ3) is 2.60. The summed E-state index contributed by atoms with van der Waals surface area (Å²) in [4.78, 5) is 15.7. The molecule has 0 bridgehead atoms. The zero-order valence-corrected chi connectivity index (χ0v) is 12.1. The lowest BCUT2D eigenvalue weighted by Crippen LogP contribution is -1.93. The van der Waals surface area contributed by atoms with Crippen LogP contribution in [0.15, 0.2) is 48.5 Å². The molecule has 3 nitrogen and oxygen atoms in total. The Bertz CT molecular complexity index is 830. The number of fused-ring (bicyclic) bond motifs is 1. The number of aryl methyl sites for hydroxylation is 1. The number of nitrogens with zero attached hydrogens (tertiary/aromatic N) is 1. The molecule has 21 heavy (non-hydrogen) atoms. The Hall–Kier alpha value is -2.39. The molecule has 3 aromatic rings. The van der Waals surface area contributed by atoms with Gasteiger partial charge in [-0.3, -0.25) is 4.79 Å². The smallest absolute Gasteiger partial charge is 0.155 e. The summed E-state index contributed by atoms with van der Waals surface area (Å²) in [6, 6.07) is 14.7. The molecule has 0 aliphatic carbocycles. The van der Waals surface area contributed by atoms with Crippen molar-refractivity contribution in [3.05, 3.63) is 64.8 Å². The van der Waals surface area contributed by atoms with Crippen molar-refractivity contribution in [2.45, 2.75) is 6.92 Å². The number of carbonyl (C=O) groups excluding carboxylic acids is 1. The first-order valence-corrected chi connectivity index (χ1v) is 6.85. The Morgan fingerprint density at radius 3 is 2.62 bits per heavy atom. The first kappa shape index (κ1) is 13.6. The molecule has 0 unspecified atom stereocenters. The Morgan fingerprint density at radius 2 is 1.81 bits per heavy atom. The highest BCUT2D eigenvalue weighted by molar-refractivity contribution is 6.33. The summed E-state index contributed by atoms with van der Waals surface area (Å²) in [6.45, 7) is 1.92. The van der Waals surface area contributed by atoms with Gasteiger partial charge in [-0.05, 0) is 31.2 Å². The Balaban J connectivity index is 2.12. The van der Waals surface area contributed by atoms with Crippen LogP contribution >= 0.6 is 11.6 Å². The number of aromatic nitrogens is 1. The molecule has 0 aliphatic heterocycles. The van der Waals surface area contributed by atoms with Crippen molar-refractivity contribution in [2.24, 2.45) is 0 Å². The number of benzene rings is 2. The van der Waals surface area contributed by atoms with E-state index in [9.17, 15) is 4.79 Å². The van der Waals surface area contributed by atoms with Crippen molar-refractivity contribution in [3.63, 3.8) is 0 Å². The van der Waals surface area contributed by atoms with Gasteiger partial charge in [-0.25, -0.2) is 4.98 Å². The van der Waals surface area contributed by atoms with E-state index in [0.717, 1.165) is 16.6 Å². The lowest BCUT2D eigenvalue weighted by Gasteiger charge is -2.11. The fourth-order valence-corrected chi connectivity index (χ4v) is 2.35. The maximum Gasteiger partial charge on any atom is 0.155 e. The summed E-state index contributed by atoms with van der Waals surface area (Å²) in [7, 11) is 0. The molecule has 3 rings (SSSR count). The molecular formula is C17H12ClNO2. The number of carbonyl (C=O) groups is 1. The minimum Gasteiger partial charge on any atom is -0.454 e. The van der Waals surface area contributed by atoms with Crippen molar-refractivity contribution in [1.82, 2.24) is 4.98 Å². The van der Waals surface area contributed by atoms with Gasteiger partial charge in [0.1, 0.15) is 11.3 Å². The summed E-state index contributed by atoms with van der Waals surface area (Å²) < 4.78 is 5.87. The van der Waals surface area contributed by atoms with Crippen LogP contribution in [0.1, 0.15) is 16.1 Å². The third-order valence-electron chi connectivity index (χ3n) is 3.17. The monoisotopic (exact) mass is 297 g/mol. The third-order valence-corrected chi connectivity index (χ3v) is 3.50. The van der Waals surface area contributed by atoms with E-state index in [2.05, 4.69) is 4.98 Å². The quantitative estimate of drug-likeness (QED) is 0.652. The van der Waals surface area contributed by atoms with Crippen LogP contribution in [0.25, 0.3) is 10.9 Å². The van der Waals surface area contributed by atoms with E-state index in [1.165, 1.54) is 0 Å². The van der Waals surface area contributed by atoms with Crippen LogP contribution in [0, 0.1) is 6.92 Å². The second-order valence-electron chi connectivity index (χ2n) is 4.65. The average molecular weight is 298 g/mol. The zero-order chi connectivity index (χ0) is 14.8. The van der Waals surface area contributed by atoms with Crippen LogP contribution in [0.2, 0.25) is 5.02 Å². The molecule has 0 saturated heterocycles. The lowest BCUT2D eigenvalue weighted by atomic mass is 10.2. The summed E-state index contributed by atoms with van der Waals surface area (Å²) >= 11 is 6.01. The molecule has 0 saturated carbocycles. The van der Waals surface area contributed by atoms with Gasteiger partial charge >= 0.3 is 0 Å². The number of ether oxygens (including phenoxy) is 1. The first-order valence-electron chi connectivity index (χ1n) is 6.47. The normalized spacial score (nSPS) is 10.6. The van der Waals surface area contributed by atoms with Crippen LogP contribution < -0.4 is 4.74 Å². The zero-order valence-electron chi connectivity index (χ0n) is 11.3. The molecule has 0 fully saturated rings. The number of rotatable bonds is 3. The molecule has 2 aromatic carbocycles. The van der Waals surface area contributed by atoms with E-state index < -0.39 is 0 Å². The first-order chi connectivity index (χ1) is 10.2. The molecule has 0 N–H and O–H groups in total. The fraction of sp³-hybridized carbons (Fsp3) is 0.0588. The van der Waals surface area contributed by atoms with Crippen LogP contribution in [0.3, 0.4) is 0 Å².